The highest BCUT2D eigenvalue weighted by Crippen LogP contribution is 2.35. The molecule has 10 nitrogen and oxygen atoms in total. The van der Waals surface area contributed by atoms with Crippen LogP contribution in [-0.2, 0) is 6.61 Å². The third kappa shape index (κ3) is 5.34. The number of nitro groups is 1. The molecule has 0 atom stereocenters. The average molecular weight is 509 g/mol. The van der Waals surface area contributed by atoms with E-state index in [-0.39, 0.29) is 36.3 Å². The molecule has 1 N–H and O–H groups in total. The molecule has 0 spiro atoms. The Hall–Kier alpha value is -4.70. The van der Waals surface area contributed by atoms with Crippen LogP contribution in [0.2, 0.25) is 5.02 Å². The molecule has 1 amide bonds. The summed E-state index contributed by atoms with van der Waals surface area (Å²) in [5, 5.41) is 14.5. The molecule has 4 aromatic rings. The molecule has 2 heterocycles. The first-order valence-corrected chi connectivity index (χ1v) is 11.0. The second kappa shape index (κ2) is 9.88. The number of non-ortho nitro benzene ring substituents is 1. The Labute approximate surface area is 209 Å². The topological polar surface area (TPSA) is 122 Å². The van der Waals surface area contributed by atoms with Crippen LogP contribution in [0.3, 0.4) is 0 Å². The molecule has 0 saturated heterocycles. The van der Waals surface area contributed by atoms with Crippen LogP contribution in [0.5, 0.6) is 28.7 Å². The Morgan fingerprint density at radius 3 is 2.53 bits per heavy atom. The van der Waals surface area contributed by atoms with Crippen molar-refractivity contribution in [2.24, 2.45) is 0 Å². The molecule has 0 unspecified atom stereocenters. The number of hydrogen-bond donors (Lipinski definition) is 1. The van der Waals surface area contributed by atoms with Gasteiger partial charge in [0.25, 0.3) is 11.6 Å². The van der Waals surface area contributed by atoms with Crippen molar-refractivity contribution in [1.29, 1.82) is 0 Å². The lowest BCUT2D eigenvalue weighted by molar-refractivity contribution is -0.384. The number of furan rings is 1. The number of fused-ring (bicyclic) bond motifs is 1. The van der Waals surface area contributed by atoms with Gasteiger partial charge in [-0.1, -0.05) is 11.6 Å². The number of hydrogen-bond acceptors (Lipinski definition) is 8. The first-order valence-electron chi connectivity index (χ1n) is 10.6. The molecule has 0 radical (unpaired) electrons. The van der Waals surface area contributed by atoms with Gasteiger partial charge < -0.3 is 28.7 Å². The highest BCUT2D eigenvalue weighted by atomic mass is 35.5. The van der Waals surface area contributed by atoms with Gasteiger partial charge in [0.15, 0.2) is 17.3 Å². The lowest BCUT2D eigenvalue weighted by Gasteiger charge is -2.09. The van der Waals surface area contributed by atoms with Gasteiger partial charge in [0.2, 0.25) is 6.79 Å². The third-order valence-electron chi connectivity index (χ3n) is 5.02. The number of rotatable bonds is 8. The lowest BCUT2D eigenvalue weighted by Crippen LogP contribution is -2.11. The number of benzene rings is 3. The van der Waals surface area contributed by atoms with Gasteiger partial charge in [0.1, 0.15) is 29.6 Å². The summed E-state index contributed by atoms with van der Waals surface area (Å²) in [5.74, 6) is 2.18. The van der Waals surface area contributed by atoms with E-state index in [0.29, 0.717) is 33.8 Å². The SMILES string of the molecule is O=C(Nc1cc(Oc2ccc(Cl)cc2)cc([N+](=O)[O-])c1)c1ccc(COc2ccc3c(c2)OCO3)o1. The van der Waals surface area contributed by atoms with Gasteiger partial charge in [-0.15, -0.1) is 0 Å². The number of ether oxygens (including phenoxy) is 4. The summed E-state index contributed by atoms with van der Waals surface area (Å²) >= 11 is 5.88. The minimum absolute atomic E-state index is 0.00552. The van der Waals surface area contributed by atoms with Gasteiger partial charge in [0, 0.05) is 23.2 Å². The number of amides is 1. The van der Waals surface area contributed by atoms with E-state index in [4.69, 9.17) is 35.0 Å². The van der Waals surface area contributed by atoms with Crippen molar-refractivity contribution in [2.75, 3.05) is 12.1 Å². The van der Waals surface area contributed by atoms with E-state index in [0.717, 1.165) is 0 Å². The zero-order valence-corrected chi connectivity index (χ0v) is 19.2. The van der Waals surface area contributed by atoms with E-state index in [1.54, 1.807) is 48.5 Å². The smallest absolute Gasteiger partial charge is 0.291 e. The van der Waals surface area contributed by atoms with E-state index in [1.165, 1.54) is 24.3 Å². The van der Waals surface area contributed by atoms with Crippen LogP contribution in [-0.4, -0.2) is 17.6 Å². The first-order chi connectivity index (χ1) is 17.4. The highest BCUT2D eigenvalue weighted by molar-refractivity contribution is 6.30. The molecule has 0 bridgehead atoms. The number of nitrogens with zero attached hydrogens (tertiary/aromatic N) is 1. The summed E-state index contributed by atoms with van der Waals surface area (Å²) < 4.78 is 27.5. The summed E-state index contributed by atoms with van der Waals surface area (Å²) in [6, 6.07) is 18.7. The normalized spacial score (nSPS) is 11.7. The van der Waals surface area contributed by atoms with Crippen molar-refractivity contribution in [2.45, 2.75) is 6.61 Å². The maximum Gasteiger partial charge on any atom is 0.291 e. The molecule has 3 aromatic carbocycles. The summed E-state index contributed by atoms with van der Waals surface area (Å²) in [7, 11) is 0. The van der Waals surface area contributed by atoms with E-state index in [9.17, 15) is 14.9 Å². The van der Waals surface area contributed by atoms with Crippen molar-refractivity contribution in [3.63, 3.8) is 0 Å². The fourth-order valence-corrected chi connectivity index (χ4v) is 3.48. The molecule has 0 aliphatic carbocycles. The quantitative estimate of drug-likeness (QED) is 0.221. The van der Waals surface area contributed by atoms with E-state index in [1.807, 2.05) is 0 Å². The largest absolute Gasteiger partial charge is 0.486 e. The standard InChI is InChI=1S/C25H17ClN2O8/c26-15-1-3-18(4-2-15)35-21-10-16(9-17(11-21)28(30)31)27-25(29)23-8-6-20(36-23)13-32-19-5-7-22-24(12-19)34-14-33-22/h1-12H,13-14H2,(H,27,29). The Morgan fingerprint density at radius 2 is 1.72 bits per heavy atom. The number of carbonyl (C=O) groups is 1. The molecule has 182 valence electrons. The molecule has 1 aromatic heterocycles. The van der Waals surface area contributed by atoms with Gasteiger partial charge in [-0.05, 0) is 48.5 Å². The molecule has 1 aliphatic heterocycles. The molecule has 36 heavy (non-hydrogen) atoms. The minimum atomic E-state index is -0.595. The van der Waals surface area contributed by atoms with Crippen LogP contribution in [0.1, 0.15) is 16.3 Å². The predicted octanol–water partition coefficient (Wildman–Crippen LogP) is 6.19. The molecule has 5 rings (SSSR count). The third-order valence-corrected chi connectivity index (χ3v) is 5.27. The van der Waals surface area contributed by atoms with E-state index < -0.39 is 10.8 Å². The van der Waals surface area contributed by atoms with Gasteiger partial charge in [-0.25, -0.2) is 0 Å². The van der Waals surface area contributed by atoms with Crippen LogP contribution < -0.4 is 24.3 Å². The predicted molar refractivity (Wildman–Crippen MR) is 128 cm³/mol. The molecule has 0 fully saturated rings. The van der Waals surface area contributed by atoms with Gasteiger partial charge in [0.05, 0.1) is 16.7 Å². The van der Waals surface area contributed by atoms with Crippen LogP contribution in [0.4, 0.5) is 11.4 Å². The number of nitrogens with one attached hydrogen (secondary N) is 1. The van der Waals surface area contributed by atoms with Gasteiger partial charge >= 0.3 is 0 Å². The highest BCUT2D eigenvalue weighted by Gasteiger charge is 2.17. The average Bonchev–Trinajstić information content (AvgIpc) is 3.53. The summed E-state index contributed by atoms with van der Waals surface area (Å²) in [6.45, 7) is 0.234. The molecule has 1 aliphatic rings. The number of nitro benzene ring substituents is 1. The Morgan fingerprint density at radius 1 is 0.944 bits per heavy atom. The fourth-order valence-electron chi connectivity index (χ4n) is 3.35. The fraction of sp³-hybridized carbons (Fsp3) is 0.0800. The molecular weight excluding hydrogens is 492 g/mol. The first kappa shape index (κ1) is 23.1. The molecular formula is C25H17ClN2O8. The van der Waals surface area contributed by atoms with Gasteiger partial charge in [-0.2, -0.15) is 0 Å². The summed E-state index contributed by atoms with van der Waals surface area (Å²) in [5.41, 5.74) is -0.0956. The maximum atomic E-state index is 12.7. The number of anilines is 1. The molecule has 0 saturated carbocycles. The van der Waals surface area contributed by atoms with Crippen LogP contribution >= 0.6 is 11.6 Å². The second-order valence-electron chi connectivity index (χ2n) is 7.55. The Bertz CT molecular complexity index is 1430. The zero-order chi connectivity index (χ0) is 25.1. The van der Waals surface area contributed by atoms with E-state index in [2.05, 4.69) is 5.32 Å². The second-order valence-corrected chi connectivity index (χ2v) is 7.99. The summed E-state index contributed by atoms with van der Waals surface area (Å²) in [4.78, 5) is 23.5. The van der Waals surface area contributed by atoms with Crippen molar-refractivity contribution in [1.82, 2.24) is 0 Å². The van der Waals surface area contributed by atoms with Crippen LogP contribution in [0, 0.1) is 10.1 Å². The Balaban J connectivity index is 1.26. The monoisotopic (exact) mass is 508 g/mol. The minimum Gasteiger partial charge on any atom is -0.486 e. The number of carbonyl (C=O) groups excluding carboxylic acids is 1. The Kier molecular flexibility index (Phi) is 6.33. The van der Waals surface area contributed by atoms with Gasteiger partial charge in [-0.3, -0.25) is 14.9 Å². The van der Waals surface area contributed by atoms with Crippen molar-refractivity contribution in [3.05, 3.63) is 99.5 Å². The zero-order valence-electron chi connectivity index (χ0n) is 18.4. The lowest BCUT2D eigenvalue weighted by atomic mass is 10.2. The molecule has 11 heteroatoms. The van der Waals surface area contributed by atoms with Crippen molar-refractivity contribution >= 4 is 28.9 Å². The van der Waals surface area contributed by atoms with Crippen LogP contribution in [0.15, 0.2) is 77.2 Å². The maximum absolute atomic E-state index is 12.7. The number of halogens is 1. The van der Waals surface area contributed by atoms with Crippen molar-refractivity contribution < 1.29 is 33.1 Å². The van der Waals surface area contributed by atoms with E-state index >= 15 is 0 Å². The van der Waals surface area contributed by atoms with Crippen LogP contribution in [0.25, 0.3) is 0 Å². The summed E-state index contributed by atoms with van der Waals surface area (Å²) in [6.07, 6.45) is 0. The van der Waals surface area contributed by atoms with Crippen molar-refractivity contribution in [3.8, 4) is 28.7 Å².